The maximum atomic E-state index is 12.2. The largest absolute Gasteiger partial charge is 0.497 e. The number of carbonyl (C=O) groups is 1. The van der Waals surface area contributed by atoms with Crippen molar-refractivity contribution in [3.63, 3.8) is 0 Å². The van der Waals surface area contributed by atoms with Crippen molar-refractivity contribution >= 4 is 22.0 Å². The van der Waals surface area contributed by atoms with Gasteiger partial charge in [-0.2, -0.15) is 0 Å². The topological polar surface area (TPSA) is 38.8 Å². The summed E-state index contributed by atoms with van der Waals surface area (Å²) in [7, 11) is 1.68. The van der Waals surface area contributed by atoms with Gasteiger partial charge in [0, 0.05) is 17.6 Å². The van der Waals surface area contributed by atoms with E-state index in [0.717, 1.165) is 23.2 Å². The molecule has 23 heavy (non-hydrogen) atoms. The normalized spacial score (nSPS) is 21.9. The fourth-order valence-corrected chi connectivity index (χ4v) is 3.54. The van der Waals surface area contributed by atoms with Crippen LogP contribution in [-0.2, 0) is 4.74 Å². The van der Waals surface area contributed by atoms with Crippen molar-refractivity contribution in [2.75, 3.05) is 20.2 Å². The molecule has 2 atom stereocenters. The van der Waals surface area contributed by atoms with E-state index in [-0.39, 0.29) is 6.09 Å². The number of hydrogen-bond donors (Lipinski definition) is 0. The van der Waals surface area contributed by atoms with Gasteiger partial charge in [-0.1, -0.05) is 22.9 Å². The number of amides is 1. The molecular weight excluding hydrogens is 358 g/mol. The summed E-state index contributed by atoms with van der Waals surface area (Å²) in [6.45, 7) is 9.32. The van der Waals surface area contributed by atoms with Crippen molar-refractivity contribution in [2.45, 2.75) is 45.6 Å². The van der Waals surface area contributed by atoms with Gasteiger partial charge in [-0.25, -0.2) is 4.79 Å². The van der Waals surface area contributed by atoms with E-state index < -0.39 is 5.60 Å². The number of likely N-dealkylation sites (tertiary alicyclic amines) is 1. The summed E-state index contributed by atoms with van der Waals surface area (Å²) in [6, 6.07) is 6.20. The van der Waals surface area contributed by atoms with Crippen LogP contribution in [0.4, 0.5) is 4.79 Å². The first-order valence-electron chi connectivity index (χ1n) is 8.02. The van der Waals surface area contributed by atoms with Gasteiger partial charge in [-0.3, -0.25) is 0 Å². The Morgan fingerprint density at radius 1 is 1.30 bits per heavy atom. The Bertz CT molecular complexity index is 568. The number of carbonyl (C=O) groups excluding carboxylic acids is 1. The predicted molar refractivity (Wildman–Crippen MR) is 95.0 cm³/mol. The van der Waals surface area contributed by atoms with Crippen LogP contribution in [0, 0.1) is 5.92 Å². The van der Waals surface area contributed by atoms with E-state index >= 15 is 0 Å². The first-order valence-corrected chi connectivity index (χ1v) is 8.81. The number of piperidine rings is 1. The van der Waals surface area contributed by atoms with Gasteiger partial charge in [0.15, 0.2) is 0 Å². The Balaban J connectivity index is 2.07. The Labute approximate surface area is 147 Å². The van der Waals surface area contributed by atoms with Gasteiger partial charge in [0.2, 0.25) is 0 Å². The number of halogens is 1. The third kappa shape index (κ3) is 4.87. The highest BCUT2D eigenvalue weighted by atomic mass is 79.9. The summed E-state index contributed by atoms with van der Waals surface area (Å²) in [4.78, 5) is 14.1. The van der Waals surface area contributed by atoms with Crippen LogP contribution >= 0.6 is 15.9 Å². The number of methoxy groups -OCH3 is 1. The maximum Gasteiger partial charge on any atom is 0.410 e. The van der Waals surface area contributed by atoms with Gasteiger partial charge in [-0.15, -0.1) is 0 Å². The van der Waals surface area contributed by atoms with E-state index in [4.69, 9.17) is 9.47 Å². The van der Waals surface area contributed by atoms with Crippen LogP contribution in [0.1, 0.15) is 45.6 Å². The van der Waals surface area contributed by atoms with Gasteiger partial charge < -0.3 is 14.4 Å². The van der Waals surface area contributed by atoms with Crippen molar-refractivity contribution in [1.29, 1.82) is 0 Å². The molecule has 0 bridgehead atoms. The van der Waals surface area contributed by atoms with E-state index in [1.807, 2.05) is 31.7 Å². The first-order chi connectivity index (χ1) is 10.7. The van der Waals surface area contributed by atoms with Crippen LogP contribution in [0.15, 0.2) is 22.7 Å². The third-order valence-corrected chi connectivity index (χ3v) is 4.57. The lowest BCUT2D eigenvalue weighted by molar-refractivity contribution is 0.0155. The Kier molecular flexibility index (Phi) is 5.61. The predicted octanol–water partition coefficient (Wildman–Crippen LogP) is 4.82. The van der Waals surface area contributed by atoms with Crippen LogP contribution in [-0.4, -0.2) is 36.8 Å². The molecule has 0 aromatic heterocycles. The highest BCUT2D eigenvalue weighted by molar-refractivity contribution is 9.10. The fourth-order valence-electron chi connectivity index (χ4n) is 3.05. The summed E-state index contributed by atoms with van der Waals surface area (Å²) in [5.41, 5.74) is 0.807. The molecule has 1 heterocycles. The van der Waals surface area contributed by atoms with Crippen molar-refractivity contribution in [3.8, 4) is 5.75 Å². The summed E-state index contributed by atoms with van der Waals surface area (Å²) in [5, 5.41) is 0. The van der Waals surface area contributed by atoms with Crippen molar-refractivity contribution in [2.24, 2.45) is 5.92 Å². The standard InChI is InChI=1S/C18H26BrNO3/c1-12-11-20(17(21)23-18(2,3)4)7-6-16(12)13-8-14(19)10-15(9-13)22-5/h8-10,12,16H,6-7,11H2,1-5H3. The highest BCUT2D eigenvalue weighted by Crippen LogP contribution is 2.36. The molecule has 1 fully saturated rings. The van der Waals surface area contributed by atoms with Gasteiger partial charge in [0.05, 0.1) is 7.11 Å². The molecule has 1 aliphatic heterocycles. The molecule has 0 N–H and O–H groups in total. The summed E-state index contributed by atoms with van der Waals surface area (Å²) in [5.74, 6) is 1.64. The molecule has 0 radical (unpaired) electrons. The average molecular weight is 384 g/mol. The molecule has 0 spiro atoms. The molecule has 2 rings (SSSR count). The first kappa shape index (κ1) is 18.1. The van der Waals surface area contributed by atoms with Crippen LogP contribution in [0.2, 0.25) is 0 Å². The zero-order valence-electron chi connectivity index (χ0n) is 14.6. The lowest BCUT2D eigenvalue weighted by atomic mass is 9.81. The Morgan fingerprint density at radius 2 is 2.00 bits per heavy atom. The van der Waals surface area contributed by atoms with Gasteiger partial charge in [0.25, 0.3) is 0 Å². The van der Waals surface area contributed by atoms with Gasteiger partial charge in [-0.05, 0) is 62.8 Å². The lowest BCUT2D eigenvalue weighted by Gasteiger charge is -2.38. The quantitative estimate of drug-likeness (QED) is 0.734. The minimum atomic E-state index is -0.450. The lowest BCUT2D eigenvalue weighted by Crippen LogP contribution is -2.44. The molecule has 1 aliphatic rings. The molecule has 128 valence electrons. The number of rotatable bonds is 2. The van der Waals surface area contributed by atoms with Crippen LogP contribution in [0.25, 0.3) is 0 Å². The minimum Gasteiger partial charge on any atom is -0.497 e. The number of ether oxygens (including phenoxy) is 2. The highest BCUT2D eigenvalue weighted by Gasteiger charge is 2.32. The van der Waals surface area contributed by atoms with Crippen LogP contribution in [0.3, 0.4) is 0 Å². The molecule has 1 amide bonds. The molecule has 5 heteroatoms. The van der Waals surface area contributed by atoms with E-state index in [9.17, 15) is 4.79 Å². The molecule has 2 unspecified atom stereocenters. The molecule has 1 saturated heterocycles. The molecule has 0 aliphatic carbocycles. The van der Waals surface area contributed by atoms with Gasteiger partial charge >= 0.3 is 6.09 Å². The Hall–Kier alpha value is -1.23. The van der Waals surface area contributed by atoms with E-state index in [1.54, 1.807) is 7.11 Å². The second kappa shape index (κ2) is 7.12. The van der Waals surface area contributed by atoms with Crippen molar-refractivity contribution < 1.29 is 14.3 Å². The zero-order valence-corrected chi connectivity index (χ0v) is 16.1. The number of hydrogen-bond acceptors (Lipinski definition) is 3. The summed E-state index contributed by atoms with van der Waals surface area (Å²) in [6.07, 6.45) is 0.717. The average Bonchev–Trinajstić information content (AvgIpc) is 2.44. The summed E-state index contributed by atoms with van der Waals surface area (Å²) >= 11 is 3.54. The maximum absolute atomic E-state index is 12.2. The summed E-state index contributed by atoms with van der Waals surface area (Å²) < 4.78 is 11.9. The molecular formula is C18H26BrNO3. The van der Waals surface area contributed by atoms with Crippen molar-refractivity contribution in [3.05, 3.63) is 28.2 Å². The second-order valence-electron chi connectivity index (χ2n) is 7.22. The van der Waals surface area contributed by atoms with E-state index in [2.05, 4.69) is 35.0 Å². The second-order valence-corrected chi connectivity index (χ2v) is 8.14. The molecule has 0 saturated carbocycles. The van der Waals surface area contributed by atoms with Crippen LogP contribution in [0.5, 0.6) is 5.75 Å². The number of benzene rings is 1. The minimum absolute atomic E-state index is 0.213. The monoisotopic (exact) mass is 383 g/mol. The third-order valence-electron chi connectivity index (χ3n) is 4.11. The smallest absolute Gasteiger partial charge is 0.410 e. The zero-order chi connectivity index (χ0) is 17.2. The van der Waals surface area contributed by atoms with E-state index in [1.165, 1.54) is 5.56 Å². The van der Waals surface area contributed by atoms with Gasteiger partial charge in [0.1, 0.15) is 11.4 Å². The van der Waals surface area contributed by atoms with Crippen molar-refractivity contribution in [1.82, 2.24) is 4.90 Å². The fraction of sp³-hybridized carbons (Fsp3) is 0.611. The molecule has 1 aromatic carbocycles. The molecule has 1 aromatic rings. The molecule has 4 nitrogen and oxygen atoms in total. The number of nitrogens with zero attached hydrogens (tertiary/aromatic N) is 1. The Morgan fingerprint density at radius 3 is 2.57 bits per heavy atom. The van der Waals surface area contributed by atoms with Crippen LogP contribution < -0.4 is 4.74 Å². The SMILES string of the molecule is COc1cc(Br)cc(C2CCN(C(=O)OC(C)(C)C)CC2C)c1. The van der Waals surface area contributed by atoms with E-state index in [0.29, 0.717) is 18.4 Å².